The van der Waals surface area contributed by atoms with Crippen LogP contribution in [0.25, 0.3) is 0 Å². The number of likely N-dealkylation sites (N-methyl/N-ethyl adjacent to an activating group) is 1. The zero-order valence-electron chi connectivity index (χ0n) is 13.6. The average Bonchev–Trinajstić information content (AvgIpc) is 2.47. The van der Waals surface area contributed by atoms with Crippen molar-refractivity contribution in [3.63, 3.8) is 0 Å². The van der Waals surface area contributed by atoms with Crippen LogP contribution in [0.3, 0.4) is 0 Å². The number of hydrogen-bond donors (Lipinski definition) is 1. The number of methoxy groups -OCH3 is 1. The summed E-state index contributed by atoms with van der Waals surface area (Å²) in [4.78, 5) is 2.43. The third kappa shape index (κ3) is 4.22. The molecule has 1 rings (SSSR count). The van der Waals surface area contributed by atoms with Crippen molar-refractivity contribution in [3.8, 4) is 5.75 Å². The van der Waals surface area contributed by atoms with Crippen LogP contribution in [0.5, 0.6) is 5.75 Å². The Labute approximate surface area is 124 Å². The van der Waals surface area contributed by atoms with Crippen molar-refractivity contribution in [1.29, 1.82) is 0 Å². The number of nitrogens with zero attached hydrogens (tertiary/aromatic N) is 1. The van der Waals surface area contributed by atoms with Gasteiger partial charge < -0.3 is 10.5 Å². The molecule has 3 heteroatoms. The van der Waals surface area contributed by atoms with Gasteiger partial charge in [0.1, 0.15) is 5.75 Å². The van der Waals surface area contributed by atoms with Gasteiger partial charge in [0.2, 0.25) is 0 Å². The molecule has 114 valence electrons. The van der Waals surface area contributed by atoms with E-state index in [9.17, 15) is 0 Å². The van der Waals surface area contributed by atoms with Crippen LogP contribution in [0.15, 0.2) is 24.3 Å². The first-order chi connectivity index (χ1) is 9.46. The van der Waals surface area contributed by atoms with E-state index in [1.54, 1.807) is 7.11 Å². The molecule has 1 aromatic rings. The van der Waals surface area contributed by atoms with E-state index >= 15 is 0 Å². The molecule has 0 fully saturated rings. The molecule has 2 atom stereocenters. The van der Waals surface area contributed by atoms with Crippen molar-refractivity contribution in [1.82, 2.24) is 4.90 Å². The van der Waals surface area contributed by atoms with Crippen LogP contribution in [0.2, 0.25) is 0 Å². The molecule has 0 heterocycles. The summed E-state index contributed by atoms with van der Waals surface area (Å²) >= 11 is 0. The van der Waals surface area contributed by atoms with Gasteiger partial charge in [-0.2, -0.15) is 0 Å². The van der Waals surface area contributed by atoms with E-state index in [-0.39, 0.29) is 5.54 Å². The van der Waals surface area contributed by atoms with Crippen molar-refractivity contribution in [2.75, 3.05) is 20.7 Å². The lowest BCUT2D eigenvalue weighted by molar-refractivity contribution is 0.0951. The zero-order valence-corrected chi connectivity index (χ0v) is 13.6. The third-order valence-corrected chi connectivity index (χ3v) is 4.40. The van der Waals surface area contributed by atoms with E-state index in [1.165, 1.54) is 18.4 Å². The monoisotopic (exact) mass is 278 g/mol. The molecule has 0 radical (unpaired) electrons. The Balaban J connectivity index is 2.81. The Bertz CT molecular complexity index is 390. The minimum absolute atomic E-state index is 0.0107. The standard InChI is InChI=1S/C17H30N2O/c1-6-7-14(2)19(4)17(3,13-18)12-15-8-10-16(20-5)11-9-15/h8-11,14H,6-7,12-13,18H2,1-5H3. The normalized spacial score (nSPS) is 15.9. The highest BCUT2D eigenvalue weighted by atomic mass is 16.5. The summed E-state index contributed by atoms with van der Waals surface area (Å²) in [5, 5.41) is 0. The highest BCUT2D eigenvalue weighted by molar-refractivity contribution is 5.28. The van der Waals surface area contributed by atoms with E-state index in [1.807, 2.05) is 12.1 Å². The van der Waals surface area contributed by atoms with Gasteiger partial charge in [0.25, 0.3) is 0 Å². The molecule has 0 saturated heterocycles. The van der Waals surface area contributed by atoms with Crippen molar-refractivity contribution in [2.24, 2.45) is 5.73 Å². The highest BCUT2D eigenvalue weighted by Crippen LogP contribution is 2.23. The SMILES string of the molecule is CCCC(C)N(C)C(C)(CN)Cc1ccc(OC)cc1. The number of rotatable bonds is 8. The van der Waals surface area contributed by atoms with Gasteiger partial charge in [0.15, 0.2) is 0 Å². The maximum atomic E-state index is 6.08. The first-order valence-corrected chi connectivity index (χ1v) is 7.52. The van der Waals surface area contributed by atoms with Gasteiger partial charge in [0, 0.05) is 18.1 Å². The Kier molecular flexibility index (Phi) is 6.50. The van der Waals surface area contributed by atoms with Gasteiger partial charge in [-0.05, 0) is 51.4 Å². The van der Waals surface area contributed by atoms with Gasteiger partial charge in [0.05, 0.1) is 7.11 Å². The average molecular weight is 278 g/mol. The van der Waals surface area contributed by atoms with Gasteiger partial charge in [-0.1, -0.05) is 25.5 Å². The molecule has 0 aromatic heterocycles. The molecule has 0 saturated carbocycles. The highest BCUT2D eigenvalue weighted by Gasteiger charge is 2.30. The molecule has 20 heavy (non-hydrogen) atoms. The van der Waals surface area contributed by atoms with Crippen molar-refractivity contribution >= 4 is 0 Å². The molecular formula is C17H30N2O. The van der Waals surface area contributed by atoms with Crippen molar-refractivity contribution in [2.45, 2.75) is 51.6 Å². The molecule has 0 aliphatic rings. The maximum absolute atomic E-state index is 6.08. The van der Waals surface area contributed by atoms with Gasteiger partial charge in [-0.3, -0.25) is 4.90 Å². The predicted molar refractivity (Wildman–Crippen MR) is 86.3 cm³/mol. The molecular weight excluding hydrogens is 248 g/mol. The van der Waals surface area contributed by atoms with Gasteiger partial charge >= 0.3 is 0 Å². The van der Waals surface area contributed by atoms with Crippen LogP contribution >= 0.6 is 0 Å². The summed E-state index contributed by atoms with van der Waals surface area (Å²) in [6.07, 6.45) is 3.36. The van der Waals surface area contributed by atoms with Crippen LogP contribution in [0, 0.1) is 0 Å². The lowest BCUT2D eigenvalue weighted by Gasteiger charge is -2.42. The molecule has 1 aromatic carbocycles. The van der Waals surface area contributed by atoms with Crippen LogP contribution in [-0.2, 0) is 6.42 Å². The van der Waals surface area contributed by atoms with E-state index in [4.69, 9.17) is 10.5 Å². The number of benzene rings is 1. The first-order valence-electron chi connectivity index (χ1n) is 7.52. The number of hydrogen-bond acceptors (Lipinski definition) is 3. The quantitative estimate of drug-likeness (QED) is 0.794. The van der Waals surface area contributed by atoms with Crippen LogP contribution in [0.4, 0.5) is 0 Å². The largest absolute Gasteiger partial charge is 0.497 e. The Morgan fingerprint density at radius 1 is 1.30 bits per heavy atom. The van der Waals surface area contributed by atoms with E-state index in [0.29, 0.717) is 12.6 Å². The van der Waals surface area contributed by atoms with Crippen LogP contribution in [-0.4, -0.2) is 37.2 Å². The Hall–Kier alpha value is -1.06. The second kappa shape index (κ2) is 7.65. The van der Waals surface area contributed by atoms with Crippen LogP contribution in [0.1, 0.15) is 39.2 Å². The Morgan fingerprint density at radius 2 is 1.90 bits per heavy atom. The first kappa shape index (κ1) is 17.0. The predicted octanol–water partition coefficient (Wildman–Crippen LogP) is 3.08. The summed E-state index contributed by atoms with van der Waals surface area (Å²) in [5.41, 5.74) is 7.37. The van der Waals surface area contributed by atoms with Gasteiger partial charge in [-0.15, -0.1) is 0 Å². The third-order valence-electron chi connectivity index (χ3n) is 4.40. The molecule has 0 spiro atoms. The van der Waals surface area contributed by atoms with Crippen LogP contribution < -0.4 is 10.5 Å². The zero-order chi connectivity index (χ0) is 15.2. The van der Waals surface area contributed by atoms with E-state index in [2.05, 4.69) is 44.9 Å². The fraction of sp³-hybridized carbons (Fsp3) is 0.647. The van der Waals surface area contributed by atoms with E-state index in [0.717, 1.165) is 12.2 Å². The minimum Gasteiger partial charge on any atom is -0.497 e. The lowest BCUT2D eigenvalue weighted by atomic mass is 9.89. The molecule has 0 amide bonds. The minimum atomic E-state index is -0.0107. The summed E-state index contributed by atoms with van der Waals surface area (Å²) in [5.74, 6) is 0.899. The smallest absolute Gasteiger partial charge is 0.118 e. The second-order valence-corrected chi connectivity index (χ2v) is 5.97. The summed E-state index contributed by atoms with van der Waals surface area (Å²) < 4.78 is 5.21. The fourth-order valence-electron chi connectivity index (χ4n) is 2.67. The summed E-state index contributed by atoms with van der Waals surface area (Å²) in [6, 6.07) is 8.84. The number of nitrogens with two attached hydrogens (primary N) is 1. The fourth-order valence-corrected chi connectivity index (χ4v) is 2.67. The maximum Gasteiger partial charge on any atom is 0.118 e. The lowest BCUT2D eigenvalue weighted by Crippen LogP contribution is -2.54. The summed E-state index contributed by atoms with van der Waals surface area (Å²) in [7, 11) is 3.88. The molecule has 0 aliphatic heterocycles. The molecule has 0 bridgehead atoms. The summed E-state index contributed by atoms with van der Waals surface area (Å²) in [6.45, 7) is 7.42. The van der Waals surface area contributed by atoms with Gasteiger partial charge in [-0.25, -0.2) is 0 Å². The topological polar surface area (TPSA) is 38.5 Å². The van der Waals surface area contributed by atoms with E-state index < -0.39 is 0 Å². The van der Waals surface area contributed by atoms with Crippen molar-refractivity contribution < 1.29 is 4.74 Å². The van der Waals surface area contributed by atoms with Crippen molar-refractivity contribution in [3.05, 3.63) is 29.8 Å². The molecule has 2 unspecified atom stereocenters. The molecule has 2 N–H and O–H groups in total. The molecule has 0 aliphatic carbocycles. The molecule has 3 nitrogen and oxygen atoms in total. The number of ether oxygens (including phenoxy) is 1. The Morgan fingerprint density at radius 3 is 2.35 bits per heavy atom. The second-order valence-electron chi connectivity index (χ2n) is 5.97.